The molecule has 0 saturated carbocycles. The molecule has 0 radical (unpaired) electrons. The molecule has 23 heavy (non-hydrogen) atoms. The molecule has 1 aliphatic rings. The Morgan fingerprint density at radius 1 is 1.17 bits per heavy atom. The summed E-state index contributed by atoms with van der Waals surface area (Å²) in [5, 5.41) is 9.93. The minimum atomic E-state index is -0.356. The minimum Gasteiger partial charge on any atom is -0.469 e. The van der Waals surface area contributed by atoms with Gasteiger partial charge >= 0.3 is 5.97 Å². The zero-order chi connectivity index (χ0) is 16.9. The highest BCUT2D eigenvalue weighted by Crippen LogP contribution is 2.28. The second-order valence-corrected chi connectivity index (χ2v) is 6.47. The third-order valence-corrected chi connectivity index (χ3v) is 4.35. The summed E-state index contributed by atoms with van der Waals surface area (Å²) in [5.74, 6) is -0.124. The molecule has 1 saturated heterocycles. The van der Waals surface area contributed by atoms with Gasteiger partial charge in [-0.25, -0.2) is 0 Å². The van der Waals surface area contributed by atoms with Crippen molar-refractivity contribution in [2.24, 2.45) is 0 Å². The number of hydrogen-bond acceptors (Lipinski definition) is 4. The lowest BCUT2D eigenvalue weighted by molar-refractivity contribution is -0.140. The van der Waals surface area contributed by atoms with Gasteiger partial charge in [0.1, 0.15) is 6.10 Å². The smallest absolute Gasteiger partial charge is 0.305 e. The van der Waals surface area contributed by atoms with E-state index in [9.17, 15) is 9.90 Å². The number of rotatable bonds is 14. The highest BCUT2D eigenvalue weighted by atomic mass is 16.6. The summed E-state index contributed by atoms with van der Waals surface area (Å²) in [7, 11) is 1.43. The molecule has 1 fully saturated rings. The molecule has 134 valence electrons. The Bertz CT molecular complexity index is 340. The number of carbonyl (C=O) groups is 1. The molecule has 0 spiro atoms. The number of ether oxygens (including phenoxy) is 2. The van der Waals surface area contributed by atoms with E-state index in [4.69, 9.17) is 4.74 Å². The van der Waals surface area contributed by atoms with Crippen LogP contribution in [-0.2, 0) is 14.3 Å². The summed E-state index contributed by atoms with van der Waals surface area (Å²) < 4.78 is 10.2. The molecule has 4 nitrogen and oxygen atoms in total. The van der Waals surface area contributed by atoms with Gasteiger partial charge in [-0.05, 0) is 19.3 Å². The van der Waals surface area contributed by atoms with Crippen molar-refractivity contribution < 1.29 is 19.4 Å². The van der Waals surface area contributed by atoms with Gasteiger partial charge in [0.15, 0.2) is 0 Å². The van der Waals surface area contributed by atoms with Gasteiger partial charge in [-0.1, -0.05) is 64.0 Å². The molecule has 1 aliphatic heterocycles. The lowest BCUT2D eigenvalue weighted by Crippen LogP contribution is -2.03. The van der Waals surface area contributed by atoms with Crippen molar-refractivity contribution >= 4 is 5.97 Å². The van der Waals surface area contributed by atoms with E-state index in [1.807, 2.05) is 12.2 Å². The lowest BCUT2D eigenvalue weighted by Gasteiger charge is -2.05. The Morgan fingerprint density at radius 2 is 1.91 bits per heavy atom. The van der Waals surface area contributed by atoms with Crippen LogP contribution in [0.15, 0.2) is 12.2 Å². The number of esters is 1. The van der Waals surface area contributed by atoms with Gasteiger partial charge < -0.3 is 14.6 Å². The zero-order valence-electron chi connectivity index (χ0n) is 14.8. The largest absolute Gasteiger partial charge is 0.469 e. The minimum absolute atomic E-state index is 0.124. The van der Waals surface area contributed by atoms with Crippen LogP contribution in [0.1, 0.15) is 77.6 Å². The quantitative estimate of drug-likeness (QED) is 0.225. The fourth-order valence-electron chi connectivity index (χ4n) is 2.74. The van der Waals surface area contributed by atoms with E-state index in [1.165, 1.54) is 26.4 Å². The van der Waals surface area contributed by atoms with Crippen LogP contribution in [0, 0.1) is 0 Å². The van der Waals surface area contributed by atoms with E-state index in [1.54, 1.807) is 0 Å². The maximum absolute atomic E-state index is 10.9. The number of aliphatic hydroxyl groups excluding tert-OH is 1. The number of hydrogen-bond donors (Lipinski definition) is 1. The lowest BCUT2D eigenvalue weighted by atomic mass is 10.1. The highest BCUT2D eigenvalue weighted by Gasteiger charge is 2.35. The first kappa shape index (κ1) is 20.2. The third kappa shape index (κ3) is 10.5. The van der Waals surface area contributed by atoms with Crippen LogP contribution in [0.5, 0.6) is 0 Å². The van der Waals surface area contributed by atoms with Crippen molar-refractivity contribution in [3.8, 4) is 0 Å². The Morgan fingerprint density at radius 3 is 2.65 bits per heavy atom. The maximum Gasteiger partial charge on any atom is 0.305 e. The van der Waals surface area contributed by atoms with Crippen LogP contribution >= 0.6 is 0 Å². The van der Waals surface area contributed by atoms with E-state index < -0.39 is 0 Å². The maximum atomic E-state index is 10.9. The number of unbranched alkanes of at least 4 members (excludes halogenated alkanes) is 6. The molecular weight excluding hydrogens is 292 g/mol. The average molecular weight is 326 g/mol. The van der Waals surface area contributed by atoms with Crippen molar-refractivity contribution in [3.63, 3.8) is 0 Å². The second-order valence-electron chi connectivity index (χ2n) is 6.47. The number of aliphatic hydroxyl groups is 1. The second kappa shape index (κ2) is 12.5. The van der Waals surface area contributed by atoms with E-state index in [0.717, 1.165) is 44.9 Å². The Labute approximate surface area is 141 Å². The predicted octanol–water partition coefficient (Wildman–Crippen LogP) is 4.15. The van der Waals surface area contributed by atoms with Crippen LogP contribution in [0.25, 0.3) is 0 Å². The molecule has 0 unspecified atom stereocenters. The monoisotopic (exact) mass is 326 g/mol. The van der Waals surface area contributed by atoms with Gasteiger partial charge in [0.25, 0.3) is 0 Å². The molecule has 0 aromatic carbocycles. The Hall–Kier alpha value is -0.870. The molecule has 3 atom stereocenters. The Kier molecular flexibility index (Phi) is 11.0. The normalized spacial score (nSPS) is 21.5. The molecule has 0 amide bonds. The van der Waals surface area contributed by atoms with Crippen LogP contribution in [0.2, 0.25) is 0 Å². The summed E-state index contributed by atoms with van der Waals surface area (Å²) >= 11 is 0. The van der Waals surface area contributed by atoms with Crippen LogP contribution in [0.4, 0.5) is 0 Å². The van der Waals surface area contributed by atoms with Crippen LogP contribution in [0.3, 0.4) is 0 Å². The van der Waals surface area contributed by atoms with Gasteiger partial charge in [-0.2, -0.15) is 0 Å². The highest BCUT2D eigenvalue weighted by molar-refractivity contribution is 5.68. The fourth-order valence-corrected chi connectivity index (χ4v) is 2.74. The molecule has 0 aliphatic carbocycles. The van der Waals surface area contributed by atoms with Gasteiger partial charge in [0.2, 0.25) is 0 Å². The van der Waals surface area contributed by atoms with E-state index >= 15 is 0 Å². The first-order chi connectivity index (χ1) is 11.2. The van der Waals surface area contributed by atoms with Crippen molar-refractivity contribution in [3.05, 3.63) is 12.2 Å². The predicted molar refractivity (Wildman–Crippen MR) is 92.3 cm³/mol. The molecule has 1 rings (SSSR count). The van der Waals surface area contributed by atoms with Crippen molar-refractivity contribution in [2.45, 2.75) is 95.9 Å². The topological polar surface area (TPSA) is 59.1 Å². The summed E-state index contributed by atoms with van der Waals surface area (Å²) in [5.41, 5.74) is 0. The molecule has 0 aromatic heterocycles. The first-order valence-corrected chi connectivity index (χ1v) is 9.26. The number of carbonyl (C=O) groups excluding carboxylic acids is 1. The van der Waals surface area contributed by atoms with Crippen molar-refractivity contribution in [1.82, 2.24) is 0 Å². The Balaban J connectivity index is 1.92. The van der Waals surface area contributed by atoms with Crippen molar-refractivity contribution in [2.75, 3.05) is 7.11 Å². The van der Waals surface area contributed by atoms with Gasteiger partial charge in [-0.15, -0.1) is 0 Å². The van der Waals surface area contributed by atoms with Gasteiger partial charge in [0.05, 0.1) is 19.3 Å². The molecule has 0 bridgehead atoms. The van der Waals surface area contributed by atoms with Gasteiger partial charge in [0, 0.05) is 6.42 Å². The van der Waals surface area contributed by atoms with E-state index in [-0.39, 0.29) is 18.2 Å². The summed E-state index contributed by atoms with van der Waals surface area (Å²) in [6, 6.07) is 0. The standard InChI is InChI=1S/C19H34O4/c1-3-4-8-12-17-18(23-17)15-14-16(20)11-9-6-5-7-10-13-19(21)22-2/h14-18,20H,3-13H2,1-2H3/b15-14+/t16-,17-,18+/m0/s1. The molecule has 4 heteroatoms. The summed E-state index contributed by atoms with van der Waals surface area (Å²) in [6.45, 7) is 2.21. The van der Waals surface area contributed by atoms with Crippen LogP contribution < -0.4 is 0 Å². The molecule has 1 N–H and O–H groups in total. The summed E-state index contributed by atoms with van der Waals surface area (Å²) in [4.78, 5) is 10.9. The SMILES string of the molecule is CCCCC[C@@H]1O[C@@H]1/C=C/[C@@H](O)CCCCCCCC(=O)OC. The zero-order valence-corrected chi connectivity index (χ0v) is 14.8. The molecular formula is C19H34O4. The van der Waals surface area contributed by atoms with E-state index in [2.05, 4.69) is 11.7 Å². The van der Waals surface area contributed by atoms with Crippen molar-refractivity contribution in [1.29, 1.82) is 0 Å². The third-order valence-electron chi connectivity index (χ3n) is 4.35. The van der Waals surface area contributed by atoms with Gasteiger partial charge in [-0.3, -0.25) is 4.79 Å². The van der Waals surface area contributed by atoms with E-state index in [0.29, 0.717) is 12.5 Å². The molecule has 0 aromatic rings. The molecule has 1 heterocycles. The number of epoxide rings is 1. The van der Waals surface area contributed by atoms with Crippen LogP contribution in [-0.4, -0.2) is 36.5 Å². The average Bonchev–Trinajstić information content (AvgIpc) is 3.30. The fraction of sp³-hybridized carbons (Fsp3) is 0.842. The first-order valence-electron chi connectivity index (χ1n) is 9.26. The summed E-state index contributed by atoms with van der Waals surface area (Å²) in [6.07, 6.45) is 15.6. The number of methoxy groups -OCH3 is 1.